The second-order valence-electron chi connectivity index (χ2n) is 9.01. The van der Waals surface area contributed by atoms with Gasteiger partial charge in [0.2, 0.25) is 0 Å². The third-order valence-corrected chi connectivity index (χ3v) is 6.59. The van der Waals surface area contributed by atoms with Crippen LogP contribution in [0.3, 0.4) is 0 Å². The standard InChI is InChI=1S/C26H34N4O2/c1-6-7-20-15-19(8-9-24(20)32-5)23-16-25(31)30-17-22(14-18(2)26(30)27-23)29-12-10-21(11-13-29)28(3)4/h8-9,14-17,21H,6-7,10-13H2,1-5H3. The van der Waals surface area contributed by atoms with Gasteiger partial charge >= 0.3 is 0 Å². The van der Waals surface area contributed by atoms with Gasteiger partial charge in [-0.2, -0.15) is 0 Å². The SMILES string of the molecule is CCCc1cc(-c2cc(=O)n3cc(N4CCC(N(C)C)CC4)cc(C)c3n2)ccc1OC. The fourth-order valence-corrected chi connectivity index (χ4v) is 4.71. The van der Waals surface area contributed by atoms with Crippen molar-refractivity contribution in [3.05, 3.63) is 58.0 Å². The topological polar surface area (TPSA) is 50.1 Å². The van der Waals surface area contributed by atoms with Crippen LogP contribution in [0.4, 0.5) is 5.69 Å². The minimum absolute atomic E-state index is 0.0500. The molecule has 0 amide bonds. The number of nitrogens with zero attached hydrogens (tertiary/aromatic N) is 4. The van der Waals surface area contributed by atoms with Gasteiger partial charge in [-0.25, -0.2) is 4.98 Å². The average molecular weight is 435 g/mol. The van der Waals surface area contributed by atoms with Gasteiger partial charge in [0.25, 0.3) is 5.56 Å². The zero-order chi connectivity index (χ0) is 22.8. The highest BCUT2D eigenvalue weighted by Gasteiger charge is 2.21. The van der Waals surface area contributed by atoms with Gasteiger partial charge in [0.05, 0.1) is 18.5 Å². The number of fused-ring (bicyclic) bond motifs is 1. The highest BCUT2D eigenvalue weighted by molar-refractivity contribution is 5.66. The Hall–Kier alpha value is -2.86. The van der Waals surface area contributed by atoms with Crippen LogP contribution >= 0.6 is 0 Å². The summed E-state index contributed by atoms with van der Waals surface area (Å²) in [5.41, 5.74) is 5.57. The van der Waals surface area contributed by atoms with Crippen LogP contribution in [-0.4, -0.2) is 54.6 Å². The van der Waals surface area contributed by atoms with Crippen LogP contribution in [-0.2, 0) is 6.42 Å². The van der Waals surface area contributed by atoms with Crippen molar-refractivity contribution in [3.8, 4) is 17.0 Å². The molecule has 32 heavy (non-hydrogen) atoms. The maximum Gasteiger partial charge on any atom is 0.258 e. The molecule has 0 aliphatic carbocycles. The molecule has 1 aliphatic heterocycles. The van der Waals surface area contributed by atoms with E-state index >= 15 is 0 Å². The van der Waals surface area contributed by atoms with Crippen LogP contribution in [0, 0.1) is 6.92 Å². The van der Waals surface area contributed by atoms with Gasteiger partial charge in [-0.1, -0.05) is 13.3 Å². The largest absolute Gasteiger partial charge is 0.496 e. The highest BCUT2D eigenvalue weighted by Crippen LogP contribution is 2.28. The molecule has 3 aromatic rings. The predicted octanol–water partition coefficient (Wildman–Crippen LogP) is 4.16. The Kier molecular flexibility index (Phi) is 6.51. The zero-order valence-corrected chi connectivity index (χ0v) is 19.9. The first-order valence-corrected chi connectivity index (χ1v) is 11.5. The number of piperidine rings is 1. The Morgan fingerprint density at radius 1 is 1.16 bits per heavy atom. The Labute approximate surface area is 190 Å². The van der Waals surface area contributed by atoms with Crippen LogP contribution in [0.5, 0.6) is 5.75 Å². The molecule has 1 saturated heterocycles. The molecule has 3 heterocycles. The molecule has 1 fully saturated rings. The van der Waals surface area contributed by atoms with Gasteiger partial charge in [0, 0.05) is 37.0 Å². The summed E-state index contributed by atoms with van der Waals surface area (Å²) in [6.07, 6.45) is 6.17. The summed E-state index contributed by atoms with van der Waals surface area (Å²) in [6.45, 7) is 6.19. The van der Waals surface area contributed by atoms with E-state index in [4.69, 9.17) is 9.72 Å². The number of hydrogen-bond donors (Lipinski definition) is 0. The molecule has 0 spiro atoms. The van der Waals surface area contributed by atoms with E-state index in [-0.39, 0.29) is 5.56 Å². The fourth-order valence-electron chi connectivity index (χ4n) is 4.71. The van der Waals surface area contributed by atoms with Gasteiger partial charge < -0.3 is 14.5 Å². The number of ether oxygens (including phenoxy) is 1. The Morgan fingerprint density at radius 2 is 1.91 bits per heavy atom. The number of pyridine rings is 1. The zero-order valence-electron chi connectivity index (χ0n) is 19.9. The summed E-state index contributed by atoms with van der Waals surface area (Å²) in [6, 6.07) is 10.5. The van der Waals surface area contributed by atoms with Crippen molar-refractivity contribution in [1.29, 1.82) is 0 Å². The maximum atomic E-state index is 13.1. The Morgan fingerprint density at radius 3 is 2.56 bits per heavy atom. The Bertz CT molecular complexity index is 1160. The lowest BCUT2D eigenvalue weighted by Crippen LogP contribution is -2.42. The van der Waals surface area contributed by atoms with E-state index in [9.17, 15) is 4.79 Å². The van der Waals surface area contributed by atoms with E-state index in [1.807, 2.05) is 25.3 Å². The minimum Gasteiger partial charge on any atom is -0.496 e. The molecule has 0 saturated carbocycles. The van der Waals surface area contributed by atoms with E-state index in [1.54, 1.807) is 17.6 Å². The van der Waals surface area contributed by atoms with Crippen LogP contribution in [0.15, 0.2) is 41.3 Å². The van der Waals surface area contributed by atoms with E-state index in [0.717, 1.165) is 66.9 Å². The van der Waals surface area contributed by atoms with Gasteiger partial charge in [-0.15, -0.1) is 0 Å². The molecule has 0 bridgehead atoms. The molecule has 0 unspecified atom stereocenters. The number of hydrogen-bond acceptors (Lipinski definition) is 5. The highest BCUT2D eigenvalue weighted by atomic mass is 16.5. The lowest BCUT2D eigenvalue weighted by molar-refractivity contribution is 0.249. The number of benzene rings is 1. The van der Waals surface area contributed by atoms with Crippen molar-refractivity contribution in [1.82, 2.24) is 14.3 Å². The molecular weight excluding hydrogens is 400 g/mol. The third-order valence-electron chi connectivity index (χ3n) is 6.59. The van der Waals surface area contributed by atoms with Gasteiger partial charge in [-0.05, 0) is 75.7 Å². The molecule has 1 aromatic carbocycles. The van der Waals surface area contributed by atoms with E-state index in [0.29, 0.717) is 17.4 Å². The van der Waals surface area contributed by atoms with Crippen molar-refractivity contribution >= 4 is 11.3 Å². The summed E-state index contributed by atoms with van der Waals surface area (Å²) in [7, 11) is 5.99. The van der Waals surface area contributed by atoms with Crippen LogP contribution < -0.4 is 15.2 Å². The minimum atomic E-state index is -0.0500. The summed E-state index contributed by atoms with van der Waals surface area (Å²) < 4.78 is 7.20. The van der Waals surface area contributed by atoms with E-state index in [2.05, 4.69) is 43.0 Å². The van der Waals surface area contributed by atoms with Crippen molar-refractivity contribution in [3.63, 3.8) is 0 Å². The molecule has 170 valence electrons. The molecule has 0 atom stereocenters. The van der Waals surface area contributed by atoms with E-state index in [1.165, 1.54) is 0 Å². The summed E-state index contributed by atoms with van der Waals surface area (Å²) >= 11 is 0. The van der Waals surface area contributed by atoms with Crippen LogP contribution in [0.1, 0.15) is 37.3 Å². The van der Waals surface area contributed by atoms with Crippen molar-refractivity contribution in [2.45, 2.75) is 45.6 Å². The lowest BCUT2D eigenvalue weighted by Gasteiger charge is -2.36. The van der Waals surface area contributed by atoms with Gasteiger partial charge in [-0.3, -0.25) is 9.20 Å². The quantitative estimate of drug-likeness (QED) is 0.583. The van der Waals surface area contributed by atoms with Gasteiger partial charge in [0.15, 0.2) is 0 Å². The second-order valence-corrected chi connectivity index (χ2v) is 9.01. The molecule has 0 radical (unpaired) electrons. The number of anilines is 1. The van der Waals surface area contributed by atoms with Crippen molar-refractivity contribution in [2.75, 3.05) is 39.2 Å². The molecular formula is C26H34N4O2. The summed E-state index contributed by atoms with van der Waals surface area (Å²) in [4.78, 5) is 22.7. The number of aromatic nitrogens is 2. The molecule has 0 N–H and O–H groups in total. The summed E-state index contributed by atoms with van der Waals surface area (Å²) in [5, 5.41) is 0. The third kappa shape index (κ3) is 4.37. The first kappa shape index (κ1) is 22.3. The average Bonchev–Trinajstić information content (AvgIpc) is 2.79. The molecule has 6 nitrogen and oxygen atoms in total. The smallest absolute Gasteiger partial charge is 0.258 e. The first-order valence-electron chi connectivity index (χ1n) is 11.5. The normalized spacial score (nSPS) is 15.0. The predicted molar refractivity (Wildman–Crippen MR) is 131 cm³/mol. The number of aryl methyl sites for hydroxylation is 2. The van der Waals surface area contributed by atoms with Crippen LogP contribution in [0.25, 0.3) is 16.9 Å². The lowest BCUT2D eigenvalue weighted by atomic mass is 10.0. The molecule has 2 aromatic heterocycles. The van der Waals surface area contributed by atoms with Crippen molar-refractivity contribution < 1.29 is 4.74 Å². The van der Waals surface area contributed by atoms with Crippen molar-refractivity contribution in [2.24, 2.45) is 0 Å². The maximum absolute atomic E-state index is 13.1. The number of rotatable bonds is 6. The van der Waals surface area contributed by atoms with Gasteiger partial charge in [0.1, 0.15) is 11.4 Å². The Balaban J connectivity index is 1.70. The molecule has 6 heteroatoms. The molecule has 4 rings (SSSR count). The second kappa shape index (κ2) is 9.33. The summed E-state index contributed by atoms with van der Waals surface area (Å²) in [5.74, 6) is 0.881. The number of methoxy groups -OCH3 is 1. The monoisotopic (exact) mass is 434 g/mol. The fraction of sp³-hybridized carbons (Fsp3) is 0.462. The first-order chi connectivity index (χ1) is 15.4. The van der Waals surface area contributed by atoms with E-state index < -0.39 is 0 Å². The molecule has 1 aliphatic rings. The van der Waals surface area contributed by atoms with Crippen LogP contribution in [0.2, 0.25) is 0 Å².